The van der Waals surface area contributed by atoms with Crippen molar-refractivity contribution in [3.8, 4) is 0 Å². The maximum atomic E-state index is 5.44. The van der Waals surface area contributed by atoms with Crippen molar-refractivity contribution in [3.63, 3.8) is 0 Å². The van der Waals surface area contributed by atoms with E-state index in [-0.39, 0.29) is 5.16 Å². The van der Waals surface area contributed by atoms with Gasteiger partial charge in [0.25, 0.3) is 0 Å². The van der Waals surface area contributed by atoms with Crippen molar-refractivity contribution >= 4 is 19.1 Å². The van der Waals surface area contributed by atoms with E-state index in [0.29, 0.717) is 12.1 Å². The van der Waals surface area contributed by atoms with Crippen molar-refractivity contribution in [2.75, 3.05) is 6.16 Å². The van der Waals surface area contributed by atoms with Gasteiger partial charge in [0.2, 0.25) is 5.62 Å². The van der Waals surface area contributed by atoms with Gasteiger partial charge in [0.15, 0.2) is 0 Å². The molecule has 3 nitrogen and oxygen atoms in total. The SMILES string of the molecule is CCCCP(N=c1n(C(C)C)c2ccccc2n1C(C)C)C(C)(C)C. The molecule has 25 heavy (non-hydrogen) atoms. The maximum Gasteiger partial charge on any atom is 0.210 e. The molecule has 0 radical (unpaired) electrons. The Morgan fingerprint density at radius 3 is 1.80 bits per heavy atom. The number of imidazole rings is 1. The first-order valence-electron chi connectivity index (χ1n) is 9.72. The zero-order chi connectivity index (χ0) is 18.8. The Kier molecular flexibility index (Phi) is 6.54. The van der Waals surface area contributed by atoms with Gasteiger partial charge in [-0.15, -0.1) is 0 Å². The molecule has 0 aliphatic heterocycles. The van der Waals surface area contributed by atoms with Crippen LogP contribution < -0.4 is 5.62 Å². The Labute approximate surface area is 155 Å². The molecule has 1 heterocycles. The standard InChI is InChI=1S/C21H36N3P/c1-9-10-15-25(21(6,7)8)22-20-23(16(2)3)18-13-11-12-14-19(18)24(20)17(4)5/h11-14,16-17H,9-10,15H2,1-8H3. The van der Waals surface area contributed by atoms with Crippen LogP contribution in [-0.4, -0.2) is 20.5 Å². The van der Waals surface area contributed by atoms with Gasteiger partial charge in [0.05, 0.1) is 11.0 Å². The van der Waals surface area contributed by atoms with Crippen LogP contribution in [-0.2, 0) is 0 Å². The first-order valence-corrected chi connectivity index (χ1v) is 11.2. The Bertz CT molecular complexity index is 712. The molecule has 0 N–H and O–H groups in total. The van der Waals surface area contributed by atoms with E-state index in [9.17, 15) is 0 Å². The Hall–Kier alpha value is -1.08. The van der Waals surface area contributed by atoms with Crippen LogP contribution in [0.2, 0.25) is 0 Å². The number of hydrogen-bond donors (Lipinski definition) is 0. The molecule has 0 saturated carbocycles. The van der Waals surface area contributed by atoms with E-state index in [1.807, 2.05) is 0 Å². The molecule has 2 rings (SSSR count). The highest BCUT2D eigenvalue weighted by Gasteiger charge is 2.25. The Balaban J connectivity index is 2.81. The average Bonchev–Trinajstić information content (AvgIpc) is 2.84. The van der Waals surface area contributed by atoms with E-state index in [2.05, 4.69) is 88.8 Å². The van der Waals surface area contributed by atoms with Gasteiger partial charge < -0.3 is 9.13 Å². The van der Waals surface area contributed by atoms with Gasteiger partial charge in [-0.1, -0.05) is 46.2 Å². The molecule has 1 aromatic carbocycles. The van der Waals surface area contributed by atoms with Crippen LogP contribution in [0.3, 0.4) is 0 Å². The highest BCUT2D eigenvalue weighted by atomic mass is 31.1. The summed E-state index contributed by atoms with van der Waals surface area (Å²) in [5.74, 6) is 0. The largest absolute Gasteiger partial charge is 0.307 e. The van der Waals surface area contributed by atoms with E-state index < -0.39 is 8.07 Å². The van der Waals surface area contributed by atoms with Gasteiger partial charge in [0.1, 0.15) is 0 Å². The second-order valence-corrected chi connectivity index (χ2v) is 11.3. The summed E-state index contributed by atoms with van der Waals surface area (Å²) in [6.45, 7) is 18.4. The molecule has 0 aliphatic rings. The second kappa shape index (κ2) is 8.08. The number of para-hydroxylation sites is 2. The number of aromatic nitrogens is 2. The van der Waals surface area contributed by atoms with Crippen molar-refractivity contribution in [2.24, 2.45) is 4.76 Å². The number of nitrogens with zero attached hydrogens (tertiary/aromatic N) is 3. The predicted octanol–water partition coefficient (Wildman–Crippen LogP) is 6.50. The fourth-order valence-corrected chi connectivity index (χ4v) is 5.36. The minimum atomic E-state index is -0.419. The topological polar surface area (TPSA) is 22.2 Å². The summed E-state index contributed by atoms with van der Waals surface area (Å²) in [5.41, 5.74) is 3.75. The Morgan fingerprint density at radius 2 is 1.44 bits per heavy atom. The molecular weight excluding hydrogens is 325 g/mol. The first kappa shape index (κ1) is 20.2. The summed E-state index contributed by atoms with van der Waals surface area (Å²) in [6.07, 6.45) is 3.71. The molecule has 0 aliphatic carbocycles. The minimum Gasteiger partial charge on any atom is -0.307 e. The maximum absolute atomic E-state index is 5.44. The van der Waals surface area contributed by atoms with Crippen molar-refractivity contribution in [1.82, 2.24) is 9.13 Å². The third-order valence-electron chi connectivity index (χ3n) is 4.57. The third-order valence-corrected chi connectivity index (χ3v) is 7.28. The van der Waals surface area contributed by atoms with Crippen LogP contribution in [0.5, 0.6) is 0 Å². The van der Waals surface area contributed by atoms with Gasteiger partial charge in [-0.3, -0.25) is 0 Å². The average molecular weight is 362 g/mol. The van der Waals surface area contributed by atoms with Crippen molar-refractivity contribution in [2.45, 2.75) is 85.5 Å². The van der Waals surface area contributed by atoms with Gasteiger partial charge in [-0.25, -0.2) is 4.76 Å². The van der Waals surface area contributed by atoms with Crippen molar-refractivity contribution < 1.29 is 0 Å². The lowest BCUT2D eigenvalue weighted by atomic mass is 10.3. The van der Waals surface area contributed by atoms with Crippen LogP contribution in [0.15, 0.2) is 29.0 Å². The van der Waals surface area contributed by atoms with Gasteiger partial charge >= 0.3 is 0 Å². The van der Waals surface area contributed by atoms with E-state index in [1.54, 1.807) is 0 Å². The van der Waals surface area contributed by atoms with E-state index in [0.717, 1.165) is 5.62 Å². The zero-order valence-corrected chi connectivity index (χ0v) is 18.3. The quantitative estimate of drug-likeness (QED) is 0.524. The molecule has 140 valence electrons. The summed E-state index contributed by atoms with van der Waals surface area (Å²) in [7, 11) is -0.419. The summed E-state index contributed by atoms with van der Waals surface area (Å²) >= 11 is 0. The molecule has 0 saturated heterocycles. The number of fused-ring (bicyclic) bond motifs is 1. The number of rotatable bonds is 6. The lowest BCUT2D eigenvalue weighted by molar-refractivity contribution is 0.523. The van der Waals surface area contributed by atoms with Crippen molar-refractivity contribution in [1.29, 1.82) is 0 Å². The molecule has 0 spiro atoms. The molecule has 2 aromatic rings. The lowest BCUT2D eigenvalue weighted by Crippen LogP contribution is -2.29. The second-order valence-electron chi connectivity index (χ2n) is 8.46. The van der Waals surface area contributed by atoms with E-state index in [4.69, 9.17) is 4.76 Å². The van der Waals surface area contributed by atoms with Crippen LogP contribution >= 0.6 is 8.07 Å². The molecule has 0 fully saturated rings. The fourth-order valence-electron chi connectivity index (χ4n) is 3.27. The van der Waals surface area contributed by atoms with Crippen molar-refractivity contribution in [3.05, 3.63) is 29.9 Å². The Morgan fingerprint density at radius 1 is 0.960 bits per heavy atom. The van der Waals surface area contributed by atoms with Crippen LogP contribution in [0.4, 0.5) is 0 Å². The number of unbranched alkanes of at least 4 members (excludes halogenated alkanes) is 1. The first-order chi connectivity index (χ1) is 11.7. The number of hydrogen-bond acceptors (Lipinski definition) is 1. The molecule has 0 bridgehead atoms. The predicted molar refractivity (Wildman–Crippen MR) is 113 cm³/mol. The molecule has 1 atom stereocenters. The van der Waals surface area contributed by atoms with Crippen LogP contribution in [0.1, 0.15) is 80.3 Å². The summed E-state index contributed by atoms with van der Waals surface area (Å²) in [6, 6.07) is 9.54. The molecule has 4 heteroatoms. The minimum absolute atomic E-state index is 0.234. The smallest absolute Gasteiger partial charge is 0.210 e. The molecule has 0 amide bonds. The highest BCUT2D eigenvalue weighted by molar-refractivity contribution is 7.57. The highest BCUT2D eigenvalue weighted by Crippen LogP contribution is 2.50. The zero-order valence-electron chi connectivity index (χ0n) is 17.4. The normalized spacial score (nSPS) is 13.8. The fraction of sp³-hybridized carbons (Fsp3) is 0.667. The monoisotopic (exact) mass is 361 g/mol. The molecular formula is C21H36N3P. The summed E-state index contributed by atoms with van der Waals surface area (Å²) < 4.78 is 10.3. The van der Waals surface area contributed by atoms with Gasteiger partial charge in [-0.2, -0.15) is 0 Å². The van der Waals surface area contributed by atoms with Crippen LogP contribution in [0, 0.1) is 0 Å². The molecule has 1 aromatic heterocycles. The lowest BCUT2D eigenvalue weighted by Gasteiger charge is -2.27. The van der Waals surface area contributed by atoms with Gasteiger partial charge in [-0.05, 0) is 52.4 Å². The summed E-state index contributed by atoms with van der Waals surface area (Å²) in [5, 5.41) is 0.234. The van der Waals surface area contributed by atoms with Crippen LogP contribution in [0.25, 0.3) is 11.0 Å². The third kappa shape index (κ3) is 4.37. The van der Waals surface area contributed by atoms with E-state index >= 15 is 0 Å². The summed E-state index contributed by atoms with van der Waals surface area (Å²) in [4.78, 5) is 0. The van der Waals surface area contributed by atoms with E-state index in [1.165, 1.54) is 30.0 Å². The number of benzene rings is 1. The van der Waals surface area contributed by atoms with Gasteiger partial charge in [0, 0.05) is 25.3 Å². The molecule has 1 unspecified atom stereocenters.